The molecular formula is C22H29N5O4. The first-order chi connectivity index (χ1) is 14.9. The Hall–Kier alpha value is -3.04. The molecule has 1 aromatic carbocycles. The Labute approximate surface area is 182 Å². The van der Waals surface area contributed by atoms with Crippen molar-refractivity contribution in [2.75, 3.05) is 39.2 Å². The van der Waals surface area contributed by atoms with E-state index in [-0.39, 0.29) is 29.7 Å². The summed E-state index contributed by atoms with van der Waals surface area (Å²) < 4.78 is 11.6. The van der Waals surface area contributed by atoms with Gasteiger partial charge in [0.15, 0.2) is 0 Å². The number of ether oxygens (including phenoxy) is 2. The Morgan fingerprint density at radius 3 is 2.84 bits per heavy atom. The van der Waals surface area contributed by atoms with Gasteiger partial charge in [0.1, 0.15) is 18.1 Å². The van der Waals surface area contributed by atoms with Crippen molar-refractivity contribution in [1.29, 1.82) is 0 Å². The molecular weight excluding hydrogens is 398 g/mol. The van der Waals surface area contributed by atoms with Crippen molar-refractivity contribution >= 4 is 17.5 Å². The van der Waals surface area contributed by atoms with Crippen molar-refractivity contribution < 1.29 is 19.1 Å². The molecule has 1 aliphatic rings. The number of anilines is 1. The second-order valence-electron chi connectivity index (χ2n) is 7.81. The minimum atomic E-state index is -0.392. The molecule has 0 unspecified atom stereocenters. The van der Waals surface area contributed by atoms with E-state index in [0.29, 0.717) is 30.2 Å². The largest absolute Gasteiger partial charge is 0.491 e. The van der Waals surface area contributed by atoms with Gasteiger partial charge in [-0.1, -0.05) is 6.92 Å². The summed E-state index contributed by atoms with van der Waals surface area (Å²) >= 11 is 0. The van der Waals surface area contributed by atoms with Crippen LogP contribution in [0, 0.1) is 5.92 Å². The van der Waals surface area contributed by atoms with Crippen LogP contribution in [0.25, 0.3) is 0 Å². The fourth-order valence-electron chi connectivity index (χ4n) is 3.35. The minimum Gasteiger partial charge on any atom is -0.491 e. The molecule has 9 heteroatoms. The molecule has 1 aliphatic heterocycles. The van der Waals surface area contributed by atoms with E-state index in [1.807, 2.05) is 6.92 Å². The van der Waals surface area contributed by atoms with Crippen LogP contribution >= 0.6 is 0 Å². The molecule has 166 valence electrons. The van der Waals surface area contributed by atoms with Gasteiger partial charge in [0.2, 0.25) is 0 Å². The molecule has 1 aromatic heterocycles. The molecule has 0 saturated heterocycles. The van der Waals surface area contributed by atoms with E-state index >= 15 is 0 Å². The fourth-order valence-corrected chi connectivity index (χ4v) is 3.35. The zero-order valence-electron chi connectivity index (χ0n) is 18.3. The second-order valence-corrected chi connectivity index (χ2v) is 7.81. The lowest BCUT2D eigenvalue weighted by Crippen LogP contribution is -2.44. The molecule has 2 aromatic rings. The van der Waals surface area contributed by atoms with Gasteiger partial charge in [0, 0.05) is 57.4 Å². The Morgan fingerprint density at radius 1 is 1.32 bits per heavy atom. The van der Waals surface area contributed by atoms with Crippen molar-refractivity contribution in [1.82, 2.24) is 20.2 Å². The molecule has 0 radical (unpaired) electrons. The van der Waals surface area contributed by atoms with E-state index < -0.39 is 5.91 Å². The zero-order valence-corrected chi connectivity index (χ0v) is 18.3. The fraction of sp³-hybridized carbons (Fsp3) is 0.455. The molecule has 2 amide bonds. The number of amides is 2. The average molecular weight is 428 g/mol. The SMILES string of the molecule is CO[C@@H]1CN(C)C(=O)c2ccc(NC(=O)c3cnccn3)cc2OC[C@H](C)NC[C@H]1C. The molecule has 31 heavy (non-hydrogen) atoms. The number of benzene rings is 1. The quantitative estimate of drug-likeness (QED) is 0.770. The molecule has 3 atom stereocenters. The first-order valence-corrected chi connectivity index (χ1v) is 10.2. The molecule has 9 nitrogen and oxygen atoms in total. The Kier molecular flexibility index (Phi) is 7.54. The number of aromatic nitrogens is 2. The lowest BCUT2D eigenvalue weighted by Gasteiger charge is -2.30. The third-order valence-corrected chi connectivity index (χ3v) is 5.28. The monoisotopic (exact) mass is 427 g/mol. The first kappa shape index (κ1) is 22.6. The van der Waals surface area contributed by atoms with Crippen molar-refractivity contribution in [3.05, 3.63) is 48.0 Å². The van der Waals surface area contributed by atoms with Gasteiger partial charge >= 0.3 is 0 Å². The van der Waals surface area contributed by atoms with Gasteiger partial charge in [-0.15, -0.1) is 0 Å². The second kappa shape index (κ2) is 10.3. The zero-order chi connectivity index (χ0) is 22.4. The van der Waals surface area contributed by atoms with Crippen molar-refractivity contribution in [2.45, 2.75) is 26.0 Å². The van der Waals surface area contributed by atoms with Crippen LogP contribution in [0.2, 0.25) is 0 Å². The smallest absolute Gasteiger partial charge is 0.275 e. The van der Waals surface area contributed by atoms with Gasteiger partial charge in [0.25, 0.3) is 11.8 Å². The molecule has 3 rings (SSSR count). The van der Waals surface area contributed by atoms with Crippen LogP contribution in [0.3, 0.4) is 0 Å². The molecule has 2 heterocycles. The number of methoxy groups -OCH3 is 1. The number of fused-ring (bicyclic) bond motifs is 1. The number of hydrogen-bond donors (Lipinski definition) is 2. The summed E-state index contributed by atoms with van der Waals surface area (Å²) in [6, 6.07) is 5.06. The minimum absolute atomic E-state index is 0.0675. The van der Waals surface area contributed by atoms with Crippen LogP contribution in [0.4, 0.5) is 5.69 Å². The van der Waals surface area contributed by atoms with Crippen molar-refractivity contribution in [3.63, 3.8) is 0 Å². The Morgan fingerprint density at radius 2 is 2.13 bits per heavy atom. The number of carbonyl (C=O) groups is 2. The molecule has 0 spiro atoms. The van der Waals surface area contributed by atoms with E-state index in [0.717, 1.165) is 6.54 Å². The van der Waals surface area contributed by atoms with E-state index in [1.54, 1.807) is 37.3 Å². The lowest BCUT2D eigenvalue weighted by atomic mass is 10.0. The van der Waals surface area contributed by atoms with E-state index in [9.17, 15) is 9.59 Å². The highest BCUT2D eigenvalue weighted by Gasteiger charge is 2.25. The first-order valence-electron chi connectivity index (χ1n) is 10.2. The topological polar surface area (TPSA) is 106 Å². The van der Waals surface area contributed by atoms with Crippen LogP contribution in [0.1, 0.15) is 34.7 Å². The number of likely N-dealkylation sites (N-methyl/N-ethyl adjacent to an activating group) is 1. The summed E-state index contributed by atoms with van der Waals surface area (Å²) in [6.45, 7) is 5.69. The predicted molar refractivity (Wildman–Crippen MR) is 116 cm³/mol. The molecule has 2 N–H and O–H groups in total. The summed E-state index contributed by atoms with van der Waals surface area (Å²) in [5.74, 6) is 0.0687. The maximum atomic E-state index is 13.1. The highest BCUT2D eigenvalue weighted by atomic mass is 16.5. The number of nitrogens with zero attached hydrogens (tertiary/aromatic N) is 3. The van der Waals surface area contributed by atoms with Crippen molar-refractivity contribution in [2.24, 2.45) is 5.92 Å². The third kappa shape index (κ3) is 5.77. The molecule has 0 fully saturated rings. The van der Waals surface area contributed by atoms with Crippen LogP contribution in [-0.4, -0.2) is 72.7 Å². The Bertz CT molecular complexity index is 908. The number of rotatable bonds is 3. The number of hydrogen-bond acceptors (Lipinski definition) is 7. The maximum Gasteiger partial charge on any atom is 0.275 e. The van der Waals surface area contributed by atoms with Gasteiger partial charge in [-0.3, -0.25) is 14.6 Å². The van der Waals surface area contributed by atoms with Crippen LogP contribution in [0.15, 0.2) is 36.8 Å². The Balaban J connectivity index is 1.87. The lowest BCUT2D eigenvalue weighted by molar-refractivity contribution is 0.0281. The van der Waals surface area contributed by atoms with Gasteiger partial charge < -0.3 is 25.0 Å². The summed E-state index contributed by atoms with van der Waals surface area (Å²) in [5.41, 5.74) is 1.13. The number of carbonyl (C=O) groups excluding carboxylic acids is 2. The molecule has 0 aliphatic carbocycles. The van der Waals surface area contributed by atoms with Crippen LogP contribution < -0.4 is 15.4 Å². The predicted octanol–water partition coefficient (Wildman–Crippen LogP) is 1.82. The van der Waals surface area contributed by atoms with Crippen LogP contribution in [0.5, 0.6) is 5.75 Å². The van der Waals surface area contributed by atoms with Gasteiger partial charge in [-0.25, -0.2) is 4.98 Å². The van der Waals surface area contributed by atoms with E-state index in [1.165, 1.54) is 18.6 Å². The highest BCUT2D eigenvalue weighted by molar-refractivity contribution is 6.03. The van der Waals surface area contributed by atoms with Gasteiger partial charge in [0.05, 0.1) is 17.9 Å². The summed E-state index contributed by atoms with van der Waals surface area (Å²) in [7, 11) is 3.41. The average Bonchev–Trinajstić information content (AvgIpc) is 2.79. The van der Waals surface area contributed by atoms with Crippen LogP contribution in [-0.2, 0) is 4.74 Å². The third-order valence-electron chi connectivity index (χ3n) is 5.28. The maximum absolute atomic E-state index is 13.1. The van der Waals surface area contributed by atoms with Gasteiger partial charge in [-0.05, 0) is 25.0 Å². The van der Waals surface area contributed by atoms with E-state index in [2.05, 4.69) is 27.5 Å². The normalized spacial score (nSPS) is 22.5. The standard InChI is InChI=1S/C22H29N5O4/c1-14-10-25-15(2)13-31-19-9-16(26-21(28)18-11-23-7-8-24-18)5-6-17(19)22(29)27(3)12-20(14)30-4/h5-9,11,14-15,20,25H,10,12-13H2,1-4H3,(H,26,28)/t14-,15+,20-/m1/s1. The summed E-state index contributed by atoms with van der Waals surface area (Å²) in [4.78, 5) is 35.1. The van der Waals surface area contributed by atoms with Crippen molar-refractivity contribution in [3.8, 4) is 5.75 Å². The van der Waals surface area contributed by atoms with Gasteiger partial charge in [-0.2, -0.15) is 0 Å². The highest BCUT2D eigenvalue weighted by Crippen LogP contribution is 2.26. The number of nitrogens with one attached hydrogen (secondary N) is 2. The summed E-state index contributed by atoms with van der Waals surface area (Å²) in [5, 5.41) is 6.22. The molecule has 0 bridgehead atoms. The molecule has 0 saturated carbocycles. The van der Waals surface area contributed by atoms with E-state index in [4.69, 9.17) is 9.47 Å². The summed E-state index contributed by atoms with van der Waals surface area (Å²) in [6.07, 6.45) is 4.24.